The van der Waals surface area contributed by atoms with E-state index in [4.69, 9.17) is 19.3 Å². The predicted molar refractivity (Wildman–Crippen MR) is 479 cm³/mol. The quantitative estimate of drug-likeness (QED) is 0.0167. The van der Waals surface area contributed by atoms with Gasteiger partial charge in [0.05, 0.1) is 37.7 Å². The first-order valence-electron chi connectivity index (χ1n) is 43.8. The fourth-order valence-electron chi connectivity index (χ4n) is 13.2. The van der Waals surface area contributed by atoms with E-state index >= 15 is 0 Å². The minimum atomic E-state index is -1.54. The molecule has 0 bridgehead atoms. The van der Waals surface area contributed by atoms with Crippen molar-refractivity contribution >= 4 is 130 Å². The summed E-state index contributed by atoms with van der Waals surface area (Å²) >= 11 is 1.03. The molecule has 0 spiro atoms. The fourth-order valence-corrected chi connectivity index (χ4v) is 14.0. The van der Waals surface area contributed by atoms with Gasteiger partial charge in [0.1, 0.15) is 59.2 Å². The van der Waals surface area contributed by atoms with Gasteiger partial charge in [0.25, 0.3) is 29.5 Å². The molecule has 1 aromatic heterocycles. The van der Waals surface area contributed by atoms with Gasteiger partial charge in [-0.3, -0.25) is 86.5 Å². The Labute approximate surface area is 770 Å². The lowest BCUT2D eigenvalue weighted by Crippen LogP contribution is -2.60. The second-order valence-corrected chi connectivity index (χ2v) is 34.2. The third-order valence-electron chi connectivity index (χ3n) is 21.8. The van der Waals surface area contributed by atoms with Crippen molar-refractivity contribution in [3.63, 3.8) is 0 Å². The molecule has 0 radical (unpaired) electrons. The number of carboxylic acids is 4. The molecule has 2 aromatic carbocycles. The van der Waals surface area contributed by atoms with Crippen molar-refractivity contribution in [3.8, 4) is 5.75 Å². The maximum absolute atomic E-state index is 14.4. The number of amides is 15. The van der Waals surface area contributed by atoms with E-state index in [1.165, 1.54) is 61.7 Å². The molecule has 0 fully saturated rings. The maximum atomic E-state index is 14.4. The van der Waals surface area contributed by atoms with Crippen molar-refractivity contribution in [2.45, 2.75) is 238 Å². The lowest BCUT2D eigenvalue weighted by molar-refractivity contribution is -0.149. The molecule has 4 rings (SSSR count). The summed E-state index contributed by atoms with van der Waals surface area (Å²) < 4.78 is 16.9. The number of imide groups is 1. The third-order valence-corrected chi connectivity index (χ3v) is 22.7. The zero-order valence-electron chi connectivity index (χ0n) is 77.0. The Balaban J connectivity index is 1.22. The number of nitrogens with zero attached hydrogens (tertiary/aromatic N) is 4. The van der Waals surface area contributed by atoms with Crippen LogP contribution in [0.15, 0.2) is 60.0 Å². The number of thiazole rings is 1. The van der Waals surface area contributed by atoms with Crippen LogP contribution in [0.3, 0.4) is 0 Å². The van der Waals surface area contributed by atoms with Gasteiger partial charge in [-0.05, 0) is 165 Å². The minimum absolute atomic E-state index is 0.0280. The topological polar surface area (TPSA) is 620 Å². The van der Waals surface area contributed by atoms with Gasteiger partial charge in [0.15, 0.2) is 6.10 Å². The van der Waals surface area contributed by atoms with Gasteiger partial charge in [-0.2, -0.15) is 0 Å². The number of aliphatic carboxylic acids is 4. The Morgan fingerprint density at radius 3 is 1.64 bits per heavy atom. The van der Waals surface area contributed by atoms with Crippen molar-refractivity contribution in [1.82, 2.24) is 78.2 Å². The van der Waals surface area contributed by atoms with Crippen LogP contribution in [-0.2, 0) is 92.5 Å². The summed E-state index contributed by atoms with van der Waals surface area (Å²) in [6, 6.07) is -0.303. The van der Waals surface area contributed by atoms with Gasteiger partial charge < -0.3 is 108 Å². The van der Waals surface area contributed by atoms with Gasteiger partial charge in [-0.1, -0.05) is 54.0 Å². The Morgan fingerprint density at radius 1 is 0.545 bits per heavy atom. The molecule has 43 nitrogen and oxygen atoms in total. The van der Waals surface area contributed by atoms with Crippen LogP contribution >= 0.6 is 11.3 Å². The van der Waals surface area contributed by atoms with Gasteiger partial charge in [0, 0.05) is 113 Å². The van der Waals surface area contributed by atoms with Crippen LogP contribution in [0.25, 0.3) is 0 Å². The number of rotatable bonds is 62. The molecule has 0 saturated heterocycles. The molecular formula is C88H130N16O27S. The van der Waals surface area contributed by atoms with Crippen LogP contribution in [0.1, 0.15) is 220 Å². The number of hydrogen-bond acceptors (Lipinski definition) is 26. The molecule has 730 valence electrons. The third kappa shape index (κ3) is 39.6. The van der Waals surface area contributed by atoms with E-state index in [1.807, 2.05) is 27.7 Å². The van der Waals surface area contributed by atoms with E-state index in [-0.39, 0.29) is 174 Å². The van der Waals surface area contributed by atoms with Crippen LogP contribution in [0.5, 0.6) is 5.75 Å². The SMILES string of the molecule is CC[C@H](C)[C@H](NC(=O)C(C)(C)N(C)C)C(=O)N(C)[C@H](C[C@@H](OC(C)=O)c1nc(C(=O)N[C@H](CCC(=O)O)Cc2ccc(O)c(NC(=O)[C@H](C)NC(=O)[C@@H](NC(=O)[C@H](CCCCNC(=O)CCOCCOCCNC(=O)c3ccc(C(=O)NCCCCC(=O)NCCCC[C@H](NC(=O)N[C@@H](CCC(=O)O)C(=O)O)C(=O)O)cc3)NC(=O)CN3C(=O)C=CC3=O)C(C)C)c2)cs1)C(C)C. The second-order valence-electron chi connectivity index (χ2n) is 33.3. The van der Waals surface area contributed by atoms with Crippen LogP contribution in [-0.4, -0.2) is 292 Å². The number of likely N-dealkylation sites (N-methyl/N-ethyl adjacent to an activating group) is 2. The molecule has 10 atom stereocenters. The fraction of sp³-hybridized carbons (Fsp3) is 0.591. The largest absolute Gasteiger partial charge is 0.506 e. The number of carboxylic acid groups (broad SMARTS) is 4. The van der Waals surface area contributed by atoms with Crippen LogP contribution in [0, 0.1) is 17.8 Å². The molecule has 44 heteroatoms. The summed E-state index contributed by atoms with van der Waals surface area (Å²) in [5.74, 6) is -15.2. The Bertz CT molecular complexity index is 4480. The number of anilines is 1. The Hall–Kier alpha value is -12.6. The van der Waals surface area contributed by atoms with Gasteiger partial charge >= 0.3 is 35.9 Å². The highest BCUT2D eigenvalue weighted by Crippen LogP contribution is 2.32. The summed E-state index contributed by atoms with van der Waals surface area (Å²) in [4.78, 5) is 252. The van der Waals surface area contributed by atoms with Crippen molar-refractivity contribution in [2.75, 3.05) is 85.6 Å². The van der Waals surface area contributed by atoms with E-state index < -0.39 is 180 Å². The molecule has 1 aliphatic heterocycles. The van der Waals surface area contributed by atoms with E-state index in [1.54, 1.807) is 58.6 Å². The number of phenolic OH excluding ortho intramolecular Hbond substituents is 1. The number of unbranched alkanes of at least 4 members (excludes halogenated alkanes) is 3. The number of hydrogen-bond donors (Lipinski definition) is 17. The standard InChI is InChI=1S/C88H130N16O27S/c1-14-52(6)75(101-86(127)88(9,10)102(11)12)83(122)103(13)64(50(2)3)47-66(131-54(8)105)82-97-63(49-132-82)80(120)94-58(29-34-72(112)113)45-55-24-31-65(106)62(46-55)96-76(116)53(7)93-81(121)74(51(4)5)100-79(119)59(95-69(109)48-104-70(110)32-33-71(104)111)21-15-18-38-90-68(108)36-41-129-43-44-130-42-40-92-78(118)57-27-25-56(26-28-57)77(117)91-39-20-17-23-67(107)89-37-19-16-22-60(84(123)124)98-87(128)99-61(85(125)126)30-35-73(114)115/h24-28,31-33,46,49-53,58-61,64,66,74-75,106H,14-23,29-30,34-45,47-48H2,1-13H3,(H,89,107)(H,90,108)(H,91,117)(H,92,118)(H,93,121)(H,94,120)(H,95,109)(H,96,116)(H,100,119)(H,101,127)(H,112,113)(H,114,115)(H,123,124)(H,125,126)(H2,98,99,128)/t52-,53-,58+,59-,60-,61-,64+,66+,74-,75-/m0/s1. The van der Waals surface area contributed by atoms with Gasteiger partial charge in [0.2, 0.25) is 47.3 Å². The first-order chi connectivity index (χ1) is 62.2. The highest BCUT2D eigenvalue weighted by atomic mass is 32.1. The molecular weight excluding hydrogens is 1750 g/mol. The van der Waals surface area contributed by atoms with Crippen molar-refractivity contribution in [3.05, 3.63) is 87.4 Å². The highest BCUT2D eigenvalue weighted by molar-refractivity contribution is 7.09. The lowest BCUT2D eigenvalue weighted by atomic mass is 9.92. The maximum Gasteiger partial charge on any atom is 0.326 e. The number of carbonyl (C=O) groups is 19. The predicted octanol–water partition coefficient (Wildman–Crippen LogP) is 2.79. The molecule has 0 unspecified atom stereocenters. The zero-order chi connectivity index (χ0) is 98.6. The van der Waals surface area contributed by atoms with Crippen molar-refractivity contribution in [1.29, 1.82) is 0 Å². The van der Waals surface area contributed by atoms with Gasteiger partial charge in [-0.15, -0.1) is 11.3 Å². The Kier molecular flexibility index (Phi) is 48.2. The smallest absolute Gasteiger partial charge is 0.326 e. The second kappa shape index (κ2) is 56.9. The van der Waals surface area contributed by atoms with Crippen molar-refractivity contribution in [2.24, 2.45) is 17.8 Å². The number of carbonyl (C=O) groups excluding carboxylic acids is 15. The normalized spacial score (nSPS) is 14.1. The molecule has 1 aliphatic rings. The molecule has 0 saturated carbocycles. The molecule has 15 amide bonds. The summed E-state index contributed by atoms with van der Waals surface area (Å²) in [5.41, 5.74) is -0.184. The zero-order valence-corrected chi connectivity index (χ0v) is 77.8. The van der Waals surface area contributed by atoms with Crippen LogP contribution in [0.4, 0.5) is 10.5 Å². The average Bonchev–Trinajstić information content (AvgIpc) is 1.35. The average molecular weight is 1880 g/mol. The molecule has 132 heavy (non-hydrogen) atoms. The monoisotopic (exact) mass is 1870 g/mol. The number of urea groups is 1. The first kappa shape index (κ1) is 112. The van der Waals surface area contributed by atoms with E-state index in [9.17, 15) is 112 Å². The highest BCUT2D eigenvalue weighted by Gasteiger charge is 2.40. The minimum Gasteiger partial charge on any atom is -0.506 e. The molecule has 2 heterocycles. The summed E-state index contributed by atoms with van der Waals surface area (Å²) in [7, 11) is 5.15. The molecule has 3 aromatic rings. The lowest BCUT2D eigenvalue weighted by Gasteiger charge is -2.38. The van der Waals surface area contributed by atoms with E-state index in [2.05, 4.69) is 68.8 Å². The summed E-state index contributed by atoms with van der Waals surface area (Å²) in [6.45, 7) is 17.2. The molecule has 0 aliphatic carbocycles. The van der Waals surface area contributed by atoms with Gasteiger partial charge in [-0.25, -0.2) is 19.4 Å². The number of aromatic nitrogens is 1. The number of phenols is 1. The van der Waals surface area contributed by atoms with Crippen molar-refractivity contribution < 1.29 is 131 Å². The van der Waals surface area contributed by atoms with Crippen LogP contribution < -0.4 is 63.8 Å². The Morgan fingerprint density at radius 2 is 1.09 bits per heavy atom. The van der Waals surface area contributed by atoms with E-state index in [0.29, 0.717) is 48.1 Å². The number of ether oxygens (including phenoxy) is 3. The summed E-state index contributed by atoms with van der Waals surface area (Å²) in [5, 5.41) is 81.2. The van der Waals surface area contributed by atoms with E-state index in [0.717, 1.165) is 23.5 Å². The number of aromatic hydroxyl groups is 1. The number of nitrogens with one attached hydrogen (secondary N) is 12. The number of benzene rings is 2. The number of esters is 1. The summed E-state index contributed by atoms with van der Waals surface area (Å²) in [6.07, 6.45) is 2.18. The molecule has 17 N–H and O–H groups in total. The van der Waals surface area contributed by atoms with Crippen LogP contribution in [0.2, 0.25) is 0 Å². The first-order valence-corrected chi connectivity index (χ1v) is 44.7.